The highest BCUT2D eigenvalue weighted by molar-refractivity contribution is 6.61. The Balaban J connectivity index is 1.76. The zero-order valence-electron chi connectivity index (χ0n) is 15.9. The largest absolute Gasteiger partial charge is 0.494 e. The predicted octanol–water partition coefficient (Wildman–Crippen LogP) is 2.95. The monoisotopic (exact) mass is 420 g/mol. The fourth-order valence-corrected chi connectivity index (χ4v) is 2.92. The predicted molar refractivity (Wildman–Crippen MR) is 104 cm³/mol. The number of nitrogens with zero attached hydrogens (tertiary/aromatic N) is 2. The van der Waals surface area contributed by atoms with Gasteiger partial charge in [0, 0.05) is 17.9 Å². The molecule has 10 heteroatoms. The minimum Gasteiger partial charge on any atom is -0.477 e. The van der Waals surface area contributed by atoms with E-state index in [4.69, 9.17) is 30.5 Å². The van der Waals surface area contributed by atoms with Crippen molar-refractivity contribution in [3.8, 4) is 23.6 Å². The smallest absolute Gasteiger partial charge is 0.477 e. The number of rotatable bonds is 8. The summed E-state index contributed by atoms with van der Waals surface area (Å²) < 4.78 is 35.9. The summed E-state index contributed by atoms with van der Waals surface area (Å²) >= 11 is 6.16. The Hall–Kier alpha value is -2.38. The fraction of sp³-hybridized carbons (Fsp3) is 0.368. The third-order valence-corrected chi connectivity index (χ3v) is 4.33. The lowest BCUT2D eigenvalue weighted by molar-refractivity contribution is 0.0690. The normalized spacial score (nSPS) is 12.8. The highest BCUT2D eigenvalue weighted by Crippen LogP contribution is 2.33. The minimum absolute atomic E-state index is 0.0297. The van der Waals surface area contributed by atoms with Gasteiger partial charge in [-0.15, -0.1) is 0 Å². The van der Waals surface area contributed by atoms with Crippen LogP contribution in [0.15, 0.2) is 18.2 Å². The zero-order chi connectivity index (χ0) is 21.0. The van der Waals surface area contributed by atoms with E-state index in [1.807, 2.05) is 19.9 Å². The van der Waals surface area contributed by atoms with Crippen LogP contribution in [-0.2, 0) is 16.0 Å². The molecule has 0 aliphatic carbocycles. The number of hydrogen-bond acceptors (Lipinski definition) is 7. The first-order valence-electron chi connectivity index (χ1n) is 9.04. The molecule has 0 amide bonds. The first kappa shape index (κ1) is 21.3. The van der Waals surface area contributed by atoms with Gasteiger partial charge in [0.1, 0.15) is 28.2 Å². The maximum Gasteiger partial charge on any atom is 0.494 e. The number of benzene rings is 1. The van der Waals surface area contributed by atoms with Gasteiger partial charge in [-0.3, -0.25) is 0 Å². The summed E-state index contributed by atoms with van der Waals surface area (Å²) in [5.74, 6) is -0.488. The summed E-state index contributed by atoms with van der Waals surface area (Å²) in [7, 11) is -1.30. The molecule has 1 N–H and O–H groups in total. The van der Waals surface area contributed by atoms with Gasteiger partial charge >= 0.3 is 7.12 Å². The van der Waals surface area contributed by atoms with Crippen LogP contribution in [-0.4, -0.2) is 36.4 Å². The van der Waals surface area contributed by atoms with Crippen LogP contribution in [0.1, 0.15) is 31.4 Å². The third-order valence-electron chi connectivity index (χ3n) is 4.05. The quantitative estimate of drug-likeness (QED) is 0.518. The Morgan fingerprint density at radius 1 is 1.34 bits per heavy atom. The Morgan fingerprint density at radius 2 is 2.14 bits per heavy atom. The van der Waals surface area contributed by atoms with Gasteiger partial charge in [0.15, 0.2) is 0 Å². The van der Waals surface area contributed by atoms with Gasteiger partial charge in [-0.25, -0.2) is 4.39 Å². The molecule has 0 radical (unpaired) electrons. The Morgan fingerprint density at radius 3 is 2.86 bits per heavy atom. The summed E-state index contributed by atoms with van der Waals surface area (Å²) in [5.41, 5.74) is 0.714. The van der Waals surface area contributed by atoms with Crippen LogP contribution in [0, 0.1) is 17.1 Å². The van der Waals surface area contributed by atoms with Gasteiger partial charge < -0.3 is 23.9 Å². The average Bonchev–Trinajstić information content (AvgIpc) is 3.04. The molecule has 1 aliphatic heterocycles. The van der Waals surface area contributed by atoms with Crippen molar-refractivity contribution in [2.24, 2.45) is 0 Å². The van der Waals surface area contributed by atoms with E-state index in [0.29, 0.717) is 18.6 Å². The maximum absolute atomic E-state index is 14.2. The number of pyridine rings is 1. The van der Waals surface area contributed by atoms with Crippen LogP contribution in [0.5, 0.6) is 17.5 Å². The molecule has 1 aromatic heterocycles. The van der Waals surface area contributed by atoms with Crippen molar-refractivity contribution in [1.82, 2.24) is 4.98 Å². The number of halogens is 2. The van der Waals surface area contributed by atoms with Crippen LogP contribution in [0.3, 0.4) is 0 Å². The highest BCUT2D eigenvalue weighted by atomic mass is 35.5. The number of ether oxygens (including phenoxy) is 3. The van der Waals surface area contributed by atoms with Gasteiger partial charge in [-0.05, 0) is 31.5 Å². The number of nitriles is 1. The molecule has 1 aromatic carbocycles. The SMILES string of the molecule is CC(C)OCCCOc1nc(Oc2cc(F)c3c(c2)COB3O)c(Cl)cc1C#N. The third kappa shape index (κ3) is 5.16. The number of fused-ring (bicyclic) bond motifs is 1. The number of hydrogen-bond donors (Lipinski definition) is 1. The summed E-state index contributed by atoms with van der Waals surface area (Å²) in [5, 5.41) is 19.0. The molecule has 0 bridgehead atoms. The molecule has 0 saturated carbocycles. The van der Waals surface area contributed by atoms with Gasteiger partial charge in [0.2, 0.25) is 11.8 Å². The van der Waals surface area contributed by atoms with Crippen molar-refractivity contribution in [3.05, 3.63) is 40.2 Å². The summed E-state index contributed by atoms with van der Waals surface area (Å²) in [4.78, 5) is 4.17. The average molecular weight is 421 g/mol. The topological polar surface area (TPSA) is 93.8 Å². The number of aromatic nitrogens is 1. The molecule has 152 valence electrons. The second-order valence-corrected chi connectivity index (χ2v) is 7.01. The Bertz CT molecular complexity index is 938. The van der Waals surface area contributed by atoms with E-state index in [1.165, 1.54) is 12.1 Å². The van der Waals surface area contributed by atoms with Crippen molar-refractivity contribution >= 4 is 24.2 Å². The molecule has 29 heavy (non-hydrogen) atoms. The van der Waals surface area contributed by atoms with Crippen molar-refractivity contribution in [3.63, 3.8) is 0 Å². The van der Waals surface area contributed by atoms with E-state index >= 15 is 0 Å². The molecule has 7 nitrogen and oxygen atoms in total. The van der Waals surface area contributed by atoms with Gasteiger partial charge in [0.05, 0.1) is 25.9 Å². The summed E-state index contributed by atoms with van der Waals surface area (Å²) in [6.07, 6.45) is 0.736. The first-order chi connectivity index (χ1) is 13.9. The lowest BCUT2D eigenvalue weighted by Gasteiger charge is -2.12. The van der Waals surface area contributed by atoms with Crippen molar-refractivity contribution in [1.29, 1.82) is 5.26 Å². The van der Waals surface area contributed by atoms with Gasteiger partial charge in [-0.2, -0.15) is 10.2 Å². The second kappa shape index (κ2) is 9.42. The maximum atomic E-state index is 14.2. The standard InChI is InChI=1S/C19H19BClFN2O5/c1-11(2)26-4-3-5-27-18-12(9-23)7-15(21)19(24-18)29-14-6-13-10-28-20(25)17(13)16(22)8-14/h6-8,11,25H,3-5,10H2,1-2H3. The van der Waals surface area contributed by atoms with Gasteiger partial charge in [0.25, 0.3) is 0 Å². The molecule has 3 rings (SSSR count). The van der Waals surface area contributed by atoms with Crippen LogP contribution < -0.4 is 14.9 Å². The first-order valence-corrected chi connectivity index (χ1v) is 9.41. The van der Waals surface area contributed by atoms with Crippen LogP contribution in [0.4, 0.5) is 4.39 Å². The Kier molecular flexibility index (Phi) is 6.93. The second-order valence-electron chi connectivity index (χ2n) is 6.60. The van der Waals surface area contributed by atoms with Crippen LogP contribution >= 0.6 is 11.6 Å². The van der Waals surface area contributed by atoms with E-state index in [1.54, 1.807) is 0 Å². The van der Waals surface area contributed by atoms with Crippen LogP contribution in [0.2, 0.25) is 5.02 Å². The van der Waals surface area contributed by atoms with E-state index in [-0.39, 0.29) is 52.9 Å². The molecule has 0 spiro atoms. The van der Waals surface area contributed by atoms with E-state index in [2.05, 4.69) is 4.98 Å². The van der Waals surface area contributed by atoms with Crippen LogP contribution in [0.25, 0.3) is 0 Å². The molecule has 0 atom stereocenters. The Labute approximate surface area is 173 Å². The molecule has 0 fully saturated rings. The van der Waals surface area contributed by atoms with Crippen molar-refractivity contribution in [2.45, 2.75) is 33.0 Å². The van der Waals surface area contributed by atoms with Crippen molar-refractivity contribution < 1.29 is 28.3 Å². The van der Waals surface area contributed by atoms with E-state index < -0.39 is 12.9 Å². The minimum atomic E-state index is -1.30. The molecular weight excluding hydrogens is 401 g/mol. The lowest BCUT2D eigenvalue weighted by Crippen LogP contribution is -2.31. The molecule has 2 aromatic rings. The summed E-state index contributed by atoms with van der Waals surface area (Å²) in [6, 6.07) is 5.99. The van der Waals surface area contributed by atoms with E-state index in [0.717, 1.165) is 6.07 Å². The summed E-state index contributed by atoms with van der Waals surface area (Å²) in [6.45, 7) is 4.74. The highest BCUT2D eigenvalue weighted by Gasteiger charge is 2.31. The molecular formula is C19H19BClFN2O5. The van der Waals surface area contributed by atoms with Gasteiger partial charge in [-0.1, -0.05) is 11.6 Å². The van der Waals surface area contributed by atoms with Crippen molar-refractivity contribution in [2.75, 3.05) is 13.2 Å². The fourth-order valence-electron chi connectivity index (χ4n) is 2.73. The molecule has 0 unspecified atom stereocenters. The lowest BCUT2D eigenvalue weighted by atomic mass is 9.79. The van der Waals surface area contributed by atoms with E-state index in [9.17, 15) is 14.7 Å². The molecule has 1 aliphatic rings. The molecule has 0 saturated heterocycles. The zero-order valence-corrected chi connectivity index (χ0v) is 16.7. The molecule has 2 heterocycles.